The van der Waals surface area contributed by atoms with Crippen LogP contribution >= 0.6 is 0 Å². The van der Waals surface area contributed by atoms with Gasteiger partial charge in [0.05, 0.1) is 12.5 Å². The van der Waals surface area contributed by atoms with Crippen LogP contribution in [0.2, 0.25) is 0 Å². The Labute approximate surface area is 175 Å². The van der Waals surface area contributed by atoms with Gasteiger partial charge < -0.3 is 9.42 Å². The lowest BCUT2D eigenvalue weighted by molar-refractivity contribution is -0.129. The molecule has 6 heteroatoms. The second-order valence-corrected chi connectivity index (χ2v) is 7.27. The monoisotopic (exact) mass is 401 g/mol. The fraction of sp³-hybridized carbons (Fsp3) is 0.208. The van der Waals surface area contributed by atoms with E-state index in [1.54, 1.807) is 17.2 Å². The van der Waals surface area contributed by atoms with Crippen molar-refractivity contribution in [3.05, 3.63) is 77.5 Å². The number of amides is 2. The van der Waals surface area contributed by atoms with Gasteiger partial charge >= 0.3 is 0 Å². The van der Waals surface area contributed by atoms with Crippen LogP contribution in [0.4, 0.5) is 5.88 Å². The molecule has 1 aromatic heterocycles. The average molecular weight is 401 g/mol. The van der Waals surface area contributed by atoms with Gasteiger partial charge in [-0.1, -0.05) is 60.6 Å². The van der Waals surface area contributed by atoms with Crippen molar-refractivity contribution < 1.29 is 14.1 Å². The number of fused-ring (bicyclic) bond motifs is 1. The molecule has 1 aliphatic rings. The average Bonchev–Trinajstić information content (AvgIpc) is 3.22. The van der Waals surface area contributed by atoms with E-state index in [2.05, 4.69) is 17.4 Å². The van der Waals surface area contributed by atoms with Gasteiger partial charge in [-0.15, -0.1) is 0 Å². The lowest BCUT2D eigenvalue weighted by Crippen LogP contribution is -2.33. The van der Waals surface area contributed by atoms with Crippen LogP contribution < -0.4 is 5.32 Å². The van der Waals surface area contributed by atoms with Crippen molar-refractivity contribution >= 4 is 23.8 Å². The fourth-order valence-electron chi connectivity index (χ4n) is 3.66. The number of hydrogen-bond acceptors (Lipinski definition) is 4. The summed E-state index contributed by atoms with van der Waals surface area (Å²) in [5, 5.41) is 6.82. The summed E-state index contributed by atoms with van der Waals surface area (Å²) in [5.74, 6) is -0.0833. The van der Waals surface area contributed by atoms with Crippen LogP contribution in [0.25, 0.3) is 17.3 Å². The first-order valence-electron chi connectivity index (χ1n) is 9.97. The van der Waals surface area contributed by atoms with E-state index in [9.17, 15) is 9.59 Å². The maximum atomic E-state index is 12.7. The van der Waals surface area contributed by atoms with Crippen molar-refractivity contribution in [3.8, 4) is 11.3 Å². The summed E-state index contributed by atoms with van der Waals surface area (Å²) < 4.78 is 5.30. The van der Waals surface area contributed by atoms with Gasteiger partial charge in [0.25, 0.3) is 0 Å². The number of benzene rings is 2. The van der Waals surface area contributed by atoms with E-state index in [0.29, 0.717) is 5.69 Å². The molecule has 2 heterocycles. The fourth-order valence-corrected chi connectivity index (χ4v) is 3.66. The van der Waals surface area contributed by atoms with Crippen LogP contribution in [-0.4, -0.2) is 21.9 Å². The molecule has 0 spiro atoms. The van der Waals surface area contributed by atoms with Crippen molar-refractivity contribution in [1.29, 1.82) is 0 Å². The Bertz CT molecular complexity index is 1100. The third kappa shape index (κ3) is 4.03. The number of aryl methyl sites for hydroxylation is 1. The van der Waals surface area contributed by atoms with Crippen LogP contribution in [0, 0.1) is 0 Å². The lowest BCUT2D eigenvalue weighted by Gasteiger charge is -2.32. The minimum absolute atomic E-state index is 0.113. The van der Waals surface area contributed by atoms with Crippen LogP contribution in [0.3, 0.4) is 0 Å². The number of nitrogens with zero attached hydrogens (tertiary/aromatic N) is 2. The SMILES string of the molecule is CCc1ccc(-c2cc(NC(=O)CC3c4ccccc4C=CN3C(C)=O)on2)cc1. The Balaban J connectivity index is 1.48. The molecule has 0 aliphatic carbocycles. The topological polar surface area (TPSA) is 75.4 Å². The molecule has 1 unspecified atom stereocenters. The number of carbonyl (C=O) groups excluding carboxylic acids is 2. The first-order valence-corrected chi connectivity index (χ1v) is 9.97. The highest BCUT2D eigenvalue weighted by molar-refractivity contribution is 5.91. The summed E-state index contributed by atoms with van der Waals surface area (Å²) in [7, 11) is 0. The third-order valence-electron chi connectivity index (χ3n) is 5.28. The number of hydrogen-bond donors (Lipinski definition) is 1. The number of nitrogens with one attached hydrogen (secondary N) is 1. The molecule has 30 heavy (non-hydrogen) atoms. The Morgan fingerprint density at radius 1 is 1.13 bits per heavy atom. The van der Waals surface area contributed by atoms with E-state index >= 15 is 0 Å². The Kier molecular flexibility index (Phi) is 5.48. The largest absolute Gasteiger partial charge is 0.338 e. The van der Waals surface area contributed by atoms with Gasteiger partial charge in [-0.3, -0.25) is 14.9 Å². The Morgan fingerprint density at radius 2 is 1.90 bits per heavy atom. The van der Waals surface area contributed by atoms with E-state index in [4.69, 9.17) is 4.52 Å². The molecule has 1 aliphatic heterocycles. The Morgan fingerprint density at radius 3 is 2.63 bits per heavy atom. The summed E-state index contributed by atoms with van der Waals surface area (Å²) in [5.41, 5.74) is 4.77. The molecule has 0 fully saturated rings. The number of aromatic nitrogens is 1. The molecule has 1 atom stereocenters. The molecule has 3 aromatic rings. The highest BCUT2D eigenvalue weighted by Crippen LogP contribution is 2.33. The van der Waals surface area contributed by atoms with Crippen molar-refractivity contribution in [2.24, 2.45) is 0 Å². The van der Waals surface area contributed by atoms with Crippen LogP contribution in [0.15, 0.2) is 65.3 Å². The van der Waals surface area contributed by atoms with Crippen molar-refractivity contribution in [3.63, 3.8) is 0 Å². The second kappa shape index (κ2) is 8.37. The molecule has 0 radical (unpaired) electrons. The number of rotatable bonds is 5. The van der Waals surface area contributed by atoms with Gasteiger partial charge in [-0.2, -0.15) is 0 Å². The van der Waals surface area contributed by atoms with E-state index < -0.39 is 0 Å². The summed E-state index contributed by atoms with van der Waals surface area (Å²) in [6.45, 7) is 3.60. The van der Waals surface area contributed by atoms with Gasteiger partial charge in [0.1, 0.15) is 5.69 Å². The summed E-state index contributed by atoms with van der Waals surface area (Å²) in [6.07, 6.45) is 4.70. The van der Waals surface area contributed by atoms with E-state index in [1.165, 1.54) is 12.5 Å². The zero-order valence-electron chi connectivity index (χ0n) is 17.0. The highest BCUT2D eigenvalue weighted by atomic mass is 16.5. The smallest absolute Gasteiger partial charge is 0.231 e. The standard InChI is InChI=1S/C24H23N3O3/c1-3-17-8-10-19(11-9-17)21-14-24(30-26-21)25-23(29)15-22-20-7-5-4-6-18(20)12-13-27(22)16(2)28/h4-14,22H,3,15H2,1-2H3,(H,25,29). The van der Waals surface area contributed by atoms with Crippen molar-refractivity contribution in [2.75, 3.05) is 5.32 Å². The minimum Gasteiger partial charge on any atom is -0.338 e. The Hall–Kier alpha value is -3.67. The van der Waals surface area contributed by atoms with Gasteiger partial charge in [0, 0.05) is 24.8 Å². The molecular formula is C24H23N3O3. The molecule has 4 rings (SSSR count). The third-order valence-corrected chi connectivity index (χ3v) is 5.28. The second-order valence-electron chi connectivity index (χ2n) is 7.27. The van der Waals surface area contributed by atoms with E-state index in [0.717, 1.165) is 23.1 Å². The molecule has 2 aromatic carbocycles. The molecule has 2 amide bonds. The van der Waals surface area contributed by atoms with Crippen LogP contribution in [0.5, 0.6) is 0 Å². The summed E-state index contributed by atoms with van der Waals surface area (Å²) in [6, 6.07) is 17.2. The number of carbonyl (C=O) groups is 2. The van der Waals surface area contributed by atoms with Gasteiger partial charge in [-0.25, -0.2) is 0 Å². The van der Waals surface area contributed by atoms with Gasteiger partial charge in [0.15, 0.2) is 0 Å². The van der Waals surface area contributed by atoms with Crippen molar-refractivity contribution in [2.45, 2.75) is 32.7 Å². The van der Waals surface area contributed by atoms with E-state index in [-0.39, 0.29) is 30.2 Å². The van der Waals surface area contributed by atoms with Crippen molar-refractivity contribution in [1.82, 2.24) is 10.1 Å². The van der Waals surface area contributed by atoms with Gasteiger partial charge in [-0.05, 0) is 29.2 Å². The molecule has 0 bridgehead atoms. The minimum atomic E-state index is -0.368. The summed E-state index contributed by atoms with van der Waals surface area (Å²) >= 11 is 0. The summed E-state index contributed by atoms with van der Waals surface area (Å²) in [4.78, 5) is 26.4. The molecule has 1 N–H and O–H groups in total. The highest BCUT2D eigenvalue weighted by Gasteiger charge is 2.28. The number of anilines is 1. The molecule has 6 nitrogen and oxygen atoms in total. The quantitative estimate of drug-likeness (QED) is 0.666. The zero-order chi connectivity index (χ0) is 21.1. The first kappa shape index (κ1) is 19.6. The lowest BCUT2D eigenvalue weighted by atomic mass is 9.93. The zero-order valence-corrected chi connectivity index (χ0v) is 17.0. The molecule has 0 saturated carbocycles. The predicted octanol–water partition coefficient (Wildman–Crippen LogP) is 4.81. The molecule has 152 valence electrons. The maximum Gasteiger partial charge on any atom is 0.231 e. The normalized spacial score (nSPS) is 15.0. The predicted molar refractivity (Wildman–Crippen MR) is 115 cm³/mol. The van der Waals surface area contributed by atoms with Crippen LogP contribution in [-0.2, 0) is 16.0 Å². The van der Waals surface area contributed by atoms with E-state index in [1.807, 2.05) is 54.6 Å². The molecule has 0 saturated heterocycles. The van der Waals surface area contributed by atoms with Gasteiger partial charge in [0.2, 0.25) is 17.7 Å². The van der Waals surface area contributed by atoms with Crippen LogP contribution in [0.1, 0.15) is 43.0 Å². The molecular weight excluding hydrogens is 378 g/mol. The first-order chi connectivity index (χ1) is 14.5. The maximum absolute atomic E-state index is 12.7.